The quantitative estimate of drug-likeness (QED) is 0.292. The van der Waals surface area contributed by atoms with Gasteiger partial charge >= 0.3 is 0 Å². The summed E-state index contributed by atoms with van der Waals surface area (Å²) in [6, 6.07) is 8.04. The van der Waals surface area contributed by atoms with Crippen LogP contribution < -0.4 is 4.74 Å². The Morgan fingerprint density at radius 2 is 1.69 bits per heavy atom. The molecule has 1 aliphatic rings. The fraction of sp³-hybridized carbons (Fsp3) is 0.391. The van der Waals surface area contributed by atoms with E-state index in [9.17, 15) is 30.5 Å². The largest absolute Gasteiger partial charge is 0.744 e. The highest BCUT2D eigenvalue weighted by atomic mass is 32.2. The van der Waals surface area contributed by atoms with Gasteiger partial charge < -0.3 is 9.29 Å². The summed E-state index contributed by atoms with van der Waals surface area (Å²) in [6.45, 7) is 4.25. The van der Waals surface area contributed by atoms with Gasteiger partial charge in [0.25, 0.3) is 0 Å². The lowest BCUT2D eigenvalue weighted by Gasteiger charge is -2.26. The first-order valence-corrected chi connectivity index (χ1v) is 11.7. The zero-order chi connectivity index (χ0) is 23.6. The van der Waals surface area contributed by atoms with Gasteiger partial charge in [-0.3, -0.25) is 0 Å². The fourth-order valence-electron chi connectivity index (χ4n) is 3.76. The van der Waals surface area contributed by atoms with Crippen molar-refractivity contribution in [1.82, 2.24) is 0 Å². The van der Waals surface area contributed by atoms with Crippen molar-refractivity contribution < 1.29 is 35.3 Å². The van der Waals surface area contributed by atoms with E-state index in [4.69, 9.17) is 4.74 Å². The van der Waals surface area contributed by atoms with Gasteiger partial charge in [-0.05, 0) is 42.7 Å². The Balaban J connectivity index is 1.82. The Labute approximate surface area is 184 Å². The van der Waals surface area contributed by atoms with Gasteiger partial charge in [0.1, 0.15) is 21.1 Å². The molecule has 174 valence electrons. The SMILES string of the molecule is CCC(C)c1ccc(/C=C2\CCCC(Oc3c(F)c(F)c(S(=O)(=O)[O-])c(F)c3F)C2)cc1. The third-order valence-electron chi connectivity index (χ3n) is 5.72. The molecule has 2 aromatic rings. The molecule has 1 saturated carbocycles. The van der Waals surface area contributed by atoms with Crippen LogP contribution in [-0.4, -0.2) is 19.1 Å². The van der Waals surface area contributed by atoms with E-state index < -0.39 is 50.1 Å². The van der Waals surface area contributed by atoms with Crippen molar-refractivity contribution >= 4 is 16.2 Å². The van der Waals surface area contributed by atoms with Crippen LogP contribution in [0.2, 0.25) is 0 Å². The zero-order valence-corrected chi connectivity index (χ0v) is 18.4. The van der Waals surface area contributed by atoms with Gasteiger partial charge in [-0.15, -0.1) is 0 Å². The highest BCUT2D eigenvalue weighted by molar-refractivity contribution is 7.85. The minimum absolute atomic E-state index is 0.275. The van der Waals surface area contributed by atoms with Crippen LogP contribution in [0.3, 0.4) is 0 Å². The number of hydrogen-bond acceptors (Lipinski definition) is 4. The molecule has 0 saturated heterocycles. The number of ether oxygens (including phenoxy) is 1. The monoisotopic (exact) mass is 471 g/mol. The molecule has 1 aliphatic carbocycles. The lowest BCUT2D eigenvalue weighted by atomic mass is 9.90. The van der Waals surface area contributed by atoms with E-state index >= 15 is 0 Å². The van der Waals surface area contributed by atoms with Crippen LogP contribution in [0, 0.1) is 23.3 Å². The van der Waals surface area contributed by atoms with E-state index in [1.165, 1.54) is 5.56 Å². The number of halogens is 4. The second kappa shape index (κ2) is 9.62. The van der Waals surface area contributed by atoms with E-state index in [1.807, 2.05) is 30.3 Å². The average molecular weight is 471 g/mol. The van der Waals surface area contributed by atoms with Crippen LogP contribution in [0.15, 0.2) is 34.7 Å². The normalized spacial score (nSPS) is 19.2. The molecule has 2 aromatic carbocycles. The Morgan fingerprint density at radius 3 is 2.22 bits per heavy atom. The summed E-state index contributed by atoms with van der Waals surface area (Å²) in [7, 11) is -5.76. The van der Waals surface area contributed by atoms with E-state index in [0.717, 1.165) is 24.0 Å². The minimum Gasteiger partial charge on any atom is -0.744 e. The number of hydrogen-bond donors (Lipinski definition) is 0. The summed E-state index contributed by atoms with van der Waals surface area (Å²) in [5.41, 5.74) is 3.11. The summed E-state index contributed by atoms with van der Waals surface area (Å²) in [4.78, 5) is -2.19. The van der Waals surface area contributed by atoms with Crippen molar-refractivity contribution in [3.05, 3.63) is 64.2 Å². The van der Waals surface area contributed by atoms with Crippen molar-refractivity contribution in [2.45, 2.75) is 62.9 Å². The molecule has 32 heavy (non-hydrogen) atoms. The van der Waals surface area contributed by atoms with Crippen LogP contribution in [0.25, 0.3) is 6.08 Å². The summed E-state index contributed by atoms with van der Waals surface area (Å²) in [6.07, 6.45) is 4.21. The molecule has 0 amide bonds. The van der Waals surface area contributed by atoms with E-state index in [1.54, 1.807) is 0 Å². The number of benzene rings is 2. The molecule has 0 radical (unpaired) electrons. The Kier molecular flexibility index (Phi) is 7.29. The van der Waals surface area contributed by atoms with Gasteiger partial charge in [-0.1, -0.05) is 49.8 Å². The molecule has 0 spiro atoms. The molecule has 3 rings (SSSR count). The highest BCUT2D eigenvalue weighted by Gasteiger charge is 2.32. The maximum absolute atomic E-state index is 14.2. The first kappa shape index (κ1) is 24.3. The van der Waals surface area contributed by atoms with Gasteiger partial charge in [0.15, 0.2) is 17.4 Å². The predicted molar refractivity (Wildman–Crippen MR) is 110 cm³/mol. The molecular weight excluding hydrogens is 448 g/mol. The van der Waals surface area contributed by atoms with Crippen molar-refractivity contribution in [2.75, 3.05) is 0 Å². The molecule has 0 N–H and O–H groups in total. The molecule has 4 nitrogen and oxygen atoms in total. The summed E-state index contributed by atoms with van der Waals surface area (Å²) < 4.78 is 94.5. The van der Waals surface area contributed by atoms with Crippen LogP contribution >= 0.6 is 0 Å². The second-order valence-electron chi connectivity index (χ2n) is 7.98. The second-order valence-corrected chi connectivity index (χ2v) is 9.30. The van der Waals surface area contributed by atoms with Crippen LogP contribution in [0.4, 0.5) is 17.6 Å². The lowest BCUT2D eigenvalue weighted by Crippen LogP contribution is -2.23. The van der Waals surface area contributed by atoms with E-state index in [0.29, 0.717) is 18.8 Å². The third kappa shape index (κ3) is 5.15. The van der Waals surface area contributed by atoms with Crippen LogP contribution in [-0.2, 0) is 10.1 Å². The number of rotatable bonds is 6. The van der Waals surface area contributed by atoms with Crippen molar-refractivity contribution in [3.63, 3.8) is 0 Å². The van der Waals surface area contributed by atoms with Crippen molar-refractivity contribution in [2.24, 2.45) is 0 Å². The molecule has 2 atom stereocenters. The first-order valence-electron chi connectivity index (χ1n) is 10.3. The molecule has 1 fully saturated rings. The topological polar surface area (TPSA) is 66.4 Å². The highest BCUT2D eigenvalue weighted by Crippen LogP contribution is 2.36. The molecule has 0 aliphatic heterocycles. The van der Waals surface area contributed by atoms with Gasteiger partial charge in [0.05, 0.1) is 0 Å². The standard InChI is InChI=1S/C23H24F4O4S/c1-3-13(2)16-9-7-14(8-10-16)11-15-5-4-6-17(12-15)31-22-18(24)20(26)23(32(28,29)30)21(27)19(22)25/h7-11,13,17H,3-6,12H2,1-2H3,(H,28,29,30)/p-1/b15-11+. The molecule has 2 unspecified atom stereocenters. The first-order chi connectivity index (χ1) is 15.0. The maximum atomic E-state index is 14.2. The Bertz CT molecular complexity index is 1100. The lowest BCUT2D eigenvalue weighted by molar-refractivity contribution is 0.155. The van der Waals surface area contributed by atoms with Gasteiger partial charge in [0.2, 0.25) is 11.6 Å². The predicted octanol–water partition coefficient (Wildman–Crippen LogP) is 6.07. The van der Waals surface area contributed by atoms with Crippen molar-refractivity contribution in [3.8, 4) is 5.75 Å². The maximum Gasteiger partial charge on any atom is 0.205 e. The van der Waals surface area contributed by atoms with E-state index in [2.05, 4.69) is 13.8 Å². The van der Waals surface area contributed by atoms with Gasteiger partial charge in [-0.25, -0.2) is 17.2 Å². The zero-order valence-electron chi connectivity index (χ0n) is 17.6. The average Bonchev–Trinajstić information content (AvgIpc) is 2.75. The molecule has 0 bridgehead atoms. The van der Waals surface area contributed by atoms with Gasteiger partial charge in [-0.2, -0.15) is 8.78 Å². The third-order valence-corrected chi connectivity index (χ3v) is 6.58. The Hall–Kier alpha value is -2.39. The summed E-state index contributed by atoms with van der Waals surface area (Å²) >= 11 is 0. The van der Waals surface area contributed by atoms with Crippen LogP contribution in [0.5, 0.6) is 5.75 Å². The molecule has 0 heterocycles. The van der Waals surface area contributed by atoms with Crippen molar-refractivity contribution in [1.29, 1.82) is 0 Å². The minimum atomic E-state index is -5.76. The van der Waals surface area contributed by atoms with E-state index in [-0.39, 0.29) is 6.42 Å². The van der Waals surface area contributed by atoms with Gasteiger partial charge in [0, 0.05) is 6.42 Å². The fourth-order valence-corrected chi connectivity index (χ4v) is 4.38. The van der Waals surface area contributed by atoms with Crippen LogP contribution in [0.1, 0.15) is 63.0 Å². The Morgan fingerprint density at radius 1 is 1.09 bits per heavy atom. The molecular formula is C23H23F4O4S-. The summed E-state index contributed by atoms with van der Waals surface area (Å²) in [5.74, 6) is -9.59. The smallest absolute Gasteiger partial charge is 0.205 e. The summed E-state index contributed by atoms with van der Waals surface area (Å²) in [5, 5.41) is 0. The molecule has 0 aromatic heterocycles. The molecule has 9 heteroatoms.